The highest BCUT2D eigenvalue weighted by molar-refractivity contribution is 5.30. The summed E-state index contributed by atoms with van der Waals surface area (Å²) in [5, 5.41) is 22.5. The lowest BCUT2D eigenvalue weighted by atomic mass is 9.42. The number of hydrogen-bond acceptors (Lipinski definition) is 2. The van der Waals surface area contributed by atoms with E-state index < -0.39 is 17.1 Å². The van der Waals surface area contributed by atoms with Crippen molar-refractivity contribution in [3.05, 3.63) is 24.3 Å². The van der Waals surface area contributed by atoms with Crippen molar-refractivity contribution in [1.29, 1.82) is 0 Å². The molecule has 3 aliphatic rings. The molecule has 0 aromatic rings. The highest BCUT2D eigenvalue weighted by Crippen LogP contribution is 2.65. The summed E-state index contributed by atoms with van der Waals surface area (Å²) < 4.78 is 0. The monoisotopic (exact) mass is 304 g/mol. The van der Waals surface area contributed by atoms with E-state index in [1.54, 1.807) is 0 Å². The topological polar surface area (TPSA) is 40.5 Å². The van der Waals surface area contributed by atoms with Crippen LogP contribution in [0.1, 0.15) is 66.2 Å². The third-order valence-electron chi connectivity index (χ3n) is 7.65. The molecule has 3 rings (SSSR count). The van der Waals surface area contributed by atoms with Gasteiger partial charge in [-0.25, -0.2) is 0 Å². The van der Waals surface area contributed by atoms with Crippen LogP contribution in [0.4, 0.5) is 0 Å². The summed E-state index contributed by atoms with van der Waals surface area (Å²) in [6.45, 7) is 12.8. The Morgan fingerprint density at radius 2 is 1.82 bits per heavy atom. The van der Waals surface area contributed by atoms with Crippen LogP contribution >= 0.6 is 0 Å². The van der Waals surface area contributed by atoms with Crippen LogP contribution in [-0.2, 0) is 0 Å². The quantitative estimate of drug-likeness (QED) is 0.712. The number of rotatable bonds is 1. The summed E-state index contributed by atoms with van der Waals surface area (Å²) in [4.78, 5) is 0. The summed E-state index contributed by atoms with van der Waals surface area (Å²) in [5.41, 5.74) is 0.180. The van der Waals surface area contributed by atoms with Crippen LogP contribution in [0.2, 0.25) is 0 Å². The van der Waals surface area contributed by atoms with Gasteiger partial charge in [-0.2, -0.15) is 0 Å². The van der Waals surface area contributed by atoms with E-state index in [9.17, 15) is 10.2 Å². The summed E-state index contributed by atoms with van der Waals surface area (Å²) in [5.74, 6) is 0.300. The van der Waals surface area contributed by atoms with Crippen LogP contribution in [0.5, 0.6) is 0 Å². The molecule has 3 aliphatic carbocycles. The van der Waals surface area contributed by atoms with Crippen molar-refractivity contribution >= 4 is 0 Å². The van der Waals surface area contributed by atoms with Crippen LogP contribution in [0, 0.1) is 22.2 Å². The number of fused-ring (bicyclic) bond motifs is 3. The zero-order chi connectivity index (χ0) is 16.4. The fourth-order valence-corrected chi connectivity index (χ4v) is 5.79. The minimum atomic E-state index is -0.776. The zero-order valence-corrected chi connectivity index (χ0v) is 14.7. The molecule has 2 heteroatoms. The second-order valence-electron chi connectivity index (χ2n) is 9.10. The van der Waals surface area contributed by atoms with Crippen molar-refractivity contribution in [2.45, 2.75) is 77.9 Å². The van der Waals surface area contributed by atoms with E-state index in [-0.39, 0.29) is 10.8 Å². The van der Waals surface area contributed by atoms with Gasteiger partial charge >= 0.3 is 0 Å². The van der Waals surface area contributed by atoms with Crippen LogP contribution in [0.15, 0.2) is 24.3 Å². The Morgan fingerprint density at radius 3 is 2.45 bits per heavy atom. The van der Waals surface area contributed by atoms with E-state index in [0.717, 1.165) is 38.5 Å². The summed E-state index contributed by atoms with van der Waals surface area (Å²) >= 11 is 0. The van der Waals surface area contributed by atoms with Crippen molar-refractivity contribution in [3.63, 3.8) is 0 Å². The van der Waals surface area contributed by atoms with Gasteiger partial charge in [-0.15, -0.1) is 6.58 Å². The molecular weight excluding hydrogens is 272 g/mol. The lowest BCUT2D eigenvalue weighted by Crippen LogP contribution is -2.69. The number of allylic oxidation sites excluding steroid dienone is 3. The Hall–Kier alpha value is -0.600. The third-order valence-corrected chi connectivity index (χ3v) is 7.65. The summed E-state index contributed by atoms with van der Waals surface area (Å²) in [6, 6.07) is 0. The Bertz CT molecular complexity index is 520. The molecule has 0 aliphatic heterocycles. The van der Waals surface area contributed by atoms with E-state index >= 15 is 0 Å². The van der Waals surface area contributed by atoms with Crippen molar-refractivity contribution in [3.8, 4) is 0 Å². The molecule has 0 aromatic carbocycles. The van der Waals surface area contributed by atoms with Gasteiger partial charge in [0.15, 0.2) is 0 Å². The molecular formula is C20H32O2. The van der Waals surface area contributed by atoms with Gasteiger partial charge in [0.1, 0.15) is 0 Å². The highest BCUT2D eigenvalue weighted by atomic mass is 16.3. The lowest BCUT2D eigenvalue weighted by Gasteiger charge is -2.66. The first-order valence-electron chi connectivity index (χ1n) is 8.85. The Kier molecular flexibility index (Phi) is 3.48. The highest BCUT2D eigenvalue weighted by Gasteiger charge is 2.66. The molecule has 0 amide bonds. The van der Waals surface area contributed by atoms with Gasteiger partial charge in [0.2, 0.25) is 0 Å². The lowest BCUT2D eigenvalue weighted by molar-refractivity contribution is -0.255. The predicted molar refractivity (Wildman–Crippen MR) is 90.4 cm³/mol. The van der Waals surface area contributed by atoms with Gasteiger partial charge in [-0.05, 0) is 49.9 Å². The average molecular weight is 304 g/mol. The summed E-state index contributed by atoms with van der Waals surface area (Å²) in [7, 11) is 0. The van der Waals surface area contributed by atoms with Crippen molar-refractivity contribution in [2.24, 2.45) is 22.2 Å². The number of aliphatic hydroxyl groups is 2. The molecule has 124 valence electrons. The molecule has 22 heavy (non-hydrogen) atoms. The van der Waals surface area contributed by atoms with Gasteiger partial charge in [-0.1, -0.05) is 45.4 Å². The standard InChI is InChI=1S/C20H32O2/c1-6-18(4)11-8-15-14(13-18)7-12-20(22)17(2,3)10-9-16(21)19(15,20)5/h6,13,15-16,21-22H,1,7-12H2,2-5H3. The largest absolute Gasteiger partial charge is 0.392 e. The Labute approximate surface area is 135 Å². The molecule has 5 atom stereocenters. The van der Waals surface area contributed by atoms with E-state index in [2.05, 4.69) is 46.4 Å². The molecule has 2 saturated carbocycles. The van der Waals surface area contributed by atoms with Crippen molar-refractivity contribution in [1.82, 2.24) is 0 Å². The molecule has 0 heterocycles. The molecule has 2 N–H and O–H groups in total. The maximum Gasteiger partial charge on any atom is 0.0785 e. The first-order valence-corrected chi connectivity index (χ1v) is 8.85. The van der Waals surface area contributed by atoms with Crippen molar-refractivity contribution in [2.75, 3.05) is 0 Å². The minimum Gasteiger partial charge on any atom is -0.392 e. The van der Waals surface area contributed by atoms with E-state index in [1.807, 2.05) is 0 Å². The van der Waals surface area contributed by atoms with E-state index in [1.165, 1.54) is 5.57 Å². The number of aliphatic hydroxyl groups excluding tert-OH is 1. The van der Waals surface area contributed by atoms with Gasteiger partial charge in [0, 0.05) is 10.8 Å². The van der Waals surface area contributed by atoms with E-state index in [4.69, 9.17) is 0 Å². The van der Waals surface area contributed by atoms with Gasteiger partial charge in [-0.3, -0.25) is 0 Å². The predicted octanol–water partition coefficient (Wildman–Crippen LogP) is 4.23. The first-order chi connectivity index (χ1) is 10.1. The van der Waals surface area contributed by atoms with Crippen LogP contribution in [0.25, 0.3) is 0 Å². The van der Waals surface area contributed by atoms with Crippen molar-refractivity contribution < 1.29 is 10.2 Å². The molecule has 0 aromatic heterocycles. The van der Waals surface area contributed by atoms with Gasteiger partial charge in [0.25, 0.3) is 0 Å². The maximum absolute atomic E-state index is 11.7. The molecule has 5 unspecified atom stereocenters. The molecule has 0 bridgehead atoms. The second-order valence-corrected chi connectivity index (χ2v) is 9.10. The first kappa shape index (κ1) is 16.3. The molecule has 0 radical (unpaired) electrons. The van der Waals surface area contributed by atoms with Gasteiger partial charge in [0.05, 0.1) is 11.7 Å². The van der Waals surface area contributed by atoms with Gasteiger partial charge < -0.3 is 10.2 Å². The average Bonchev–Trinajstić information content (AvgIpc) is 2.47. The smallest absolute Gasteiger partial charge is 0.0785 e. The SMILES string of the molecule is C=CC1(C)C=C2CCC3(O)C(C)(C)CCC(O)C3(C)C2CC1. The fourth-order valence-electron chi connectivity index (χ4n) is 5.79. The maximum atomic E-state index is 11.7. The molecule has 0 spiro atoms. The van der Waals surface area contributed by atoms with Crippen LogP contribution in [0.3, 0.4) is 0 Å². The molecule has 0 saturated heterocycles. The third kappa shape index (κ3) is 1.86. The fraction of sp³-hybridized carbons (Fsp3) is 0.800. The molecule has 2 fully saturated rings. The Morgan fingerprint density at radius 1 is 1.14 bits per heavy atom. The minimum absolute atomic E-state index is 0.0762. The zero-order valence-electron chi connectivity index (χ0n) is 14.7. The second kappa shape index (κ2) is 4.70. The Balaban J connectivity index is 2.09. The van der Waals surface area contributed by atoms with E-state index in [0.29, 0.717) is 5.92 Å². The van der Waals surface area contributed by atoms with Crippen LogP contribution in [-0.4, -0.2) is 21.9 Å². The summed E-state index contributed by atoms with van der Waals surface area (Å²) in [6.07, 6.45) is 9.55. The normalized spacial score (nSPS) is 50.5. The van der Waals surface area contributed by atoms with Crippen LogP contribution < -0.4 is 0 Å². The molecule has 2 nitrogen and oxygen atoms in total. The number of hydrogen-bond donors (Lipinski definition) is 2.